The maximum absolute atomic E-state index is 12.9. The molecule has 0 aliphatic carbocycles. The van der Waals surface area contributed by atoms with Crippen molar-refractivity contribution in [3.05, 3.63) is 87.4 Å². The minimum atomic E-state index is -3.96. The number of carbonyl (C=O) groups excluding carboxylic acids is 1. The molecule has 0 radical (unpaired) electrons. The summed E-state index contributed by atoms with van der Waals surface area (Å²) in [6.07, 6.45) is 0. The molecule has 0 spiro atoms. The molecule has 0 unspecified atom stereocenters. The van der Waals surface area contributed by atoms with E-state index in [2.05, 4.69) is 10.0 Å². The Hall–Kier alpha value is -2.58. The van der Waals surface area contributed by atoms with Crippen LogP contribution >= 0.6 is 23.2 Å². The lowest BCUT2D eigenvalue weighted by Crippen LogP contribution is -2.24. The molecule has 0 aliphatic heterocycles. The summed E-state index contributed by atoms with van der Waals surface area (Å²) >= 11 is 12.0. The summed E-state index contributed by atoms with van der Waals surface area (Å²) in [7, 11) is -2.60. The van der Waals surface area contributed by atoms with Crippen LogP contribution in [0.2, 0.25) is 10.0 Å². The first-order chi connectivity index (χ1) is 14.7. The van der Waals surface area contributed by atoms with E-state index in [9.17, 15) is 13.2 Å². The Bertz CT molecular complexity index is 1210. The van der Waals surface area contributed by atoms with Crippen molar-refractivity contribution in [1.82, 2.24) is 4.72 Å². The van der Waals surface area contributed by atoms with Crippen LogP contribution in [-0.4, -0.2) is 21.4 Å². The minimum absolute atomic E-state index is 0.0563. The third kappa shape index (κ3) is 5.57. The largest absolute Gasteiger partial charge is 0.495 e. The van der Waals surface area contributed by atoms with E-state index >= 15 is 0 Å². The molecular weight excluding hydrogens is 459 g/mol. The quantitative estimate of drug-likeness (QED) is 0.497. The van der Waals surface area contributed by atoms with Gasteiger partial charge in [0.15, 0.2) is 0 Å². The number of halogens is 2. The number of rotatable bonds is 7. The zero-order valence-electron chi connectivity index (χ0n) is 16.8. The highest BCUT2D eigenvalue weighted by Crippen LogP contribution is 2.27. The van der Waals surface area contributed by atoms with Crippen LogP contribution in [0.15, 0.2) is 65.6 Å². The lowest BCUT2D eigenvalue weighted by Gasteiger charge is -2.14. The Labute approximate surface area is 191 Å². The standard InChI is InChI=1S/C22H20Cl2N2O4S/c1-14-18(24)4-3-5-19(14)26-22(27)16-8-11-20(30-2)21(12-16)31(28,29)25-13-15-6-9-17(23)10-7-15/h3-12,25H,13H2,1-2H3,(H,26,27). The molecule has 0 fully saturated rings. The van der Waals surface area contributed by atoms with Gasteiger partial charge in [-0.3, -0.25) is 4.79 Å². The summed E-state index contributed by atoms with van der Waals surface area (Å²) in [6.45, 7) is 1.84. The number of ether oxygens (including phenoxy) is 1. The molecule has 1 amide bonds. The average molecular weight is 479 g/mol. The summed E-state index contributed by atoms with van der Waals surface area (Å²) in [5.41, 5.74) is 2.14. The van der Waals surface area contributed by atoms with Crippen molar-refractivity contribution in [2.75, 3.05) is 12.4 Å². The zero-order chi connectivity index (χ0) is 22.6. The van der Waals surface area contributed by atoms with E-state index in [1.54, 1.807) is 49.4 Å². The SMILES string of the molecule is COc1ccc(C(=O)Nc2cccc(Cl)c2C)cc1S(=O)(=O)NCc1ccc(Cl)cc1. The highest BCUT2D eigenvalue weighted by molar-refractivity contribution is 7.89. The van der Waals surface area contributed by atoms with Crippen molar-refractivity contribution >= 4 is 44.8 Å². The number of carbonyl (C=O) groups is 1. The van der Waals surface area contributed by atoms with E-state index in [0.717, 1.165) is 5.56 Å². The maximum Gasteiger partial charge on any atom is 0.255 e. The van der Waals surface area contributed by atoms with Crippen LogP contribution in [0.3, 0.4) is 0 Å². The van der Waals surface area contributed by atoms with Crippen molar-refractivity contribution in [3.8, 4) is 5.75 Å². The summed E-state index contributed by atoms with van der Waals surface area (Å²) < 4.78 is 33.6. The fraction of sp³-hybridized carbons (Fsp3) is 0.136. The third-order valence-corrected chi connectivity index (χ3v) is 6.69. The fourth-order valence-corrected chi connectivity index (χ4v) is 4.33. The molecule has 0 aliphatic rings. The van der Waals surface area contributed by atoms with E-state index in [-0.39, 0.29) is 22.8 Å². The van der Waals surface area contributed by atoms with Crippen molar-refractivity contribution in [2.45, 2.75) is 18.4 Å². The normalized spacial score (nSPS) is 11.2. The van der Waals surface area contributed by atoms with Gasteiger partial charge in [-0.25, -0.2) is 13.1 Å². The Balaban J connectivity index is 1.86. The Morgan fingerprint density at radius 2 is 1.74 bits per heavy atom. The molecule has 3 aromatic rings. The van der Waals surface area contributed by atoms with Crippen LogP contribution in [0.5, 0.6) is 5.75 Å². The van der Waals surface area contributed by atoms with E-state index in [0.29, 0.717) is 21.3 Å². The highest BCUT2D eigenvalue weighted by Gasteiger charge is 2.22. The second-order valence-electron chi connectivity index (χ2n) is 6.68. The van der Waals surface area contributed by atoms with Gasteiger partial charge < -0.3 is 10.1 Å². The molecule has 6 nitrogen and oxygen atoms in total. The van der Waals surface area contributed by atoms with Gasteiger partial charge in [0, 0.05) is 27.8 Å². The molecule has 3 rings (SSSR count). The van der Waals surface area contributed by atoms with E-state index in [1.165, 1.54) is 25.3 Å². The Morgan fingerprint density at radius 3 is 2.42 bits per heavy atom. The number of amides is 1. The molecule has 0 bridgehead atoms. The van der Waals surface area contributed by atoms with Crippen molar-refractivity contribution in [3.63, 3.8) is 0 Å². The third-order valence-electron chi connectivity index (χ3n) is 4.61. The van der Waals surface area contributed by atoms with Gasteiger partial charge >= 0.3 is 0 Å². The molecule has 3 aromatic carbocycles. The van der Waals surface area contributed by atoms with Crippen molar-refractivity contribution in [1.29, 1.82) is 0 Å². The van der Waals surface area contributed by atoms with Gasteiger partial charge in [-0.15, -0.1) is 0 Å². The van der Waals surface area contributed by atoms with Gasteiger partial charge in [0.1, 0.15) is 10.6 Å². The zero-order valence-corrected chi connectivity index (χ0v) is 19.1. The number of sulfonamides is 1. The number of benzene rings is 3. The van der Waals surface area contributed by atoms with E-state index < -0.39 is 15.9 Å². The van der Waals surface area contributed by atoms with Gasteiger partial charge in [-0.1, -0.05) is 41.4 Å². The van der Waals surface area contributed by atoms with Crippen LogP contribution in [-0.2, 0) is 16.6 Å². The Morgan fingerprint density at radius 1 is 1.03 bits per heavy atom. The lowest BCUT2D eigenvalue weighted by molar-refractivity contribution is 0.102. The molecule has 9 heteroatoms. The molecule has 0 heterocycles. The first-order valence-electron chi connectivity index (χ1n) is 9.20. The highest BCUT2D eigenvalue weighted by atomic mass is 35.5. The van der Waals surface area contributed by atoms with Gasteiger partial charge in [0.2, 0.25) is 10.0 Å². The van der Waals surface area contributed by atoms with Gasteiger partial charge in [-0.2, -0.15) is 0 Å². The van der Waals surface area contributed by atoms with Crippen LogP contribution in [0.4, 0.5) is 5.69 Å². The number of anilines is 1. The maximum atomic E-state index is 12.9. The summed E-state index contributed by atoms with van der Waals surface area (Å²) in [6, 6.07) is 16.2. The summed E-state index contributed by atoms with van der Waals surface area (Å²) in [4.78, 5) is 12.6. The van der Waals surface area contributed by atoms with Gasteiger partial charge in [-0.05, 0) is 60.5 Å². The van der Waals surface area contributed by atoms with Gasteiger partial charge in [0.05, 0.1) is 7.11 Å². The smallest absolute Gasteiger partial charge is 0.255 e. The van der Waals surface area contributed by atoms with E-state index in [1.807, 2.05) is 0 Å². The summed E-state index contributed by atoms with van der Waals surface area (Å²) in [5.74, 6) is -0.346. The first-order valence-corrected chi connectivity index (χ1v) is 11.4. The van der Waals surface area contributed by atoms with Gasteiger partial charge in [0.25, 0.3) is 5.91 Å². The molecule has 0 saturated heterocycles. The van der Waals surface area contributed by atoms with E-state index in [4.69, 9.17) is 27.9 Å². The predicted molar refractivity (Wildman–Crippen MR) is 123 cm³/mol. The molecule has 31 heavy (non-hydrogen) atoms. The van der Waals surface area contributed by atoms with Crippen LogP contribution in [0.25, 0.3) is 0 Å². The molecule has 0 aromatic heterocycles. The molecule has 0 saturated carbocycles. The van der Waals surface area contributed by atoms with Crippen LogP contribution < -0.4 is 14.8 Å². The molecule has 0 atom stereocenters. The Kier molecular flexibility index (Phi) is 7.23. The molecule has 162 valence electrons. The van der Waals surface area contributed by atoms with Crippen molar-refractivity contribution in [2.24, 2.45) is 0 Å². The second kappa shape index (κ2) is 9.70. The second-order valence-corrected chi connectivity index (χ2v) is 9.26. The number of nitrogens with one attached hydrogen (secondary N) is 2. The molecular formula is C22H20Cl2N2O4S. The topological polar surface area (TPSA) is 84.5 Å². The average Bonchev–Trinajstić information content (AvgIpc) is 2.76. The lowest BCUT2D eigenvalue weighted by atomic mass is 10.1. The predicted octanol–water partition coefficient (Wildman–Crippen LogP) is 5.04. The minimum Gasteiger partial charge on any atom is -0.495 e. The number of methoxy groups -OCH3 is 1. The summed E-state index contributed by atoms with van der Waals surface area (Å²) in [5, 5.41) is 3.83. The van der Waals surface area contributed by atoms with Crippen LogP contribution in [0.1, 0.15) is 21.5 Å². The number of hydrogen-bond acceptors (Lipinski definition) is 4. The monoisotopic (exact) mass is 478 g/mol. The first kappa shape index (κ1) is 23.1. The number of hydrogen-bond donors (Lipinski definition) is 2. The van der Waals surface area contributed by atoms with Crippen molar-refractivity contribution < 1.29 is 17.9 Å². The molecule has 2 N–H and O–H groups in total. The fourth-order valence-electron chi connectivity index (χ4n) is 2.82. The van der Waals surface area contributed by atoms with Crippen LogP contribution in [0, 0.1) is 6.92 Å².